The molecule has 1 aromatic rings. The predicted molar refractivity (Wildman–Crippen MR) is 69.9 cm³/mol. The van der Waals surface area contributed by atoms with Crippen LogP contribution in [-0.4, -0.2) is 42.2 Å². The molecule has 0 atom stereocenters. The second-order valence-electron chi connectivity index (χ2n) is 5.35. The number of likely N-dealkylation sites (tertiary alicyclic amines) is 1. The molecule has 2 heterocycles. The number of nitrogens with one attached hydrogen (secondary N) is 1. The highest BCUT2D eigenvalue weighted by atomic mass is 16.4. The van der Waals surface area contributed by atoms with Crippen molar-refractivity contribution in [2.45, 2.75) is 18.3 Å². The summed E-state index contributed by atoms with van der Waals surface area (Å²) < 4.78 is 0. The van der Waals surface area contributed by atoms with Gasteiger partial charge in [-0.1, -0.05) is 18.2 Å². The molecule has 2 aliphatic rings. The van der Waals surface area contributed by atoms with Crippen LogP contribution in [0.25, 0.3) is 0 Å². The zero-order chi connectivity index (χ0) is 12.6. The largest absolute Gasteiger partial charge is 0.480 e. The van der Waals surface area contributed by atoms with Gasteiger partial charge in [-0.25, -0.2) is 0 Å². The van der Waals surface area contributed by atoms with Crippen LogP contribution >= 0.6 is 0 Å². The first kappa shape index (κ1) is 11.5. The highest BCUT2D eigenvalue weighted by Crippen LogP contribution is 2.43. The number of carboxylic acids is 1. The molecule has 0 aromatic heterocycles. The lowest BCUT2D eigenvalue weighted by molar-refractivity contribution is -0.138. The van der Waals surface area contributed by atoms with Gasteiger partial charge in [0.05, 0.1) is 6.54 Å². The molecular weight excluding hydrogens is 228 g/mol. The Morgan fingerprint density at radius 1 is 1.33 bits per heavy atom. The Balaban J connectivity index is 1.75. The summed E-state index contributed by atoms with van der Waals surface area (Å²) >= 11 is 0. The van der Waals surface area contributed by atoms with Gasteiger partial charge in [-0.2, -0.15) is 0 Å². The quantitative estimate of drug-likeness (QED) is 0.831. The molecule has 0 saturated carbocycles. The second-order valence-corrected chi connectivity index (χ2v) is 5.35. The van der Waals surface area contributed by atoms with E-state index in [1.807, 2.05) is 4.90 Å². The van der Waals surface area contributed by atoms with E-state index in [-0.39, 0.29) is 12.0 Å². The molecule has 1 fully saturated rings. The third kappa shape index (κ3) is 1.86. The van der Waals surface area contributed by atoms with Gasteiger partial charge in [0.25, 0.3) is 0 Å². The molecule has 0 unspecified atom stereocenters. The van der Waals surface area contributed by atoms with Crippen LogP contribution in [0.3, 0.4) is 0 Å². The molecule has 0 bridgehead atoms. The molecule has 1 spiro atoms. The van der Waals surface area contributed by atoms with Crippen molar-refractivity contribution in [3.05, 3.63) is 29.8 Å². The molecule has 0 amide bonds. The number of carbonyl (C=O) groups is 1. The van der Waals surface area contributed by atoms with E-state index < -0.39 is 5.97 Å². The first-order chi connectivity index (χ1) is 8.70. The predicted octanol–water partition coefficient (Wildman–Crippen LogP) is 1.53. The lowest BCUT2D eigenvalue weighted by Crippen LogP contribution is -2.45. The fourth-order valence-electron chi connectivity index (χ4n) is 3.24. The van der Waals surface area contributed by atoms with Crippen molar-refractivity contribution in [1.82, 2.24) is 4.90 Å². The Labute approximate surface area is 107 Å². The van der Waals surface area contributed by atoms with E-state index in [1.165, 1.54) is 11.3 Å². The van der Waals surface area contributed by atoms with Crippen LogP contribution in [0, 0.1) is 0 Å². The molecule has 1 saturated heterocycles. The van der Waals surface area contributed by atoms with Gasteiger partial charge >= 0.3 is 5.97 Å². The summed E-state index contributed by atoms with van der Waals surface area (Å²) in [6.07, 6.45) is 2.09. The van der Waals surface area contributed by atoms with Gasteiger partial charge < -0.3 is 10.4 Å². The third-order valence-corrected chi connectivity index (χ3v) is 4.29. The summed E-state index contributed by atoms with van der Waals surface area (Å²) in [7, 11) is 0. The first-order valence-electron chi connectivity index (χ1n) is 6.47. The number of fused-ring (bicyclic) bond motifs is 2. The minimum atomic E-state index is -0.726. The number of hydrogen-bond acceptors (Lipinski definition) is 3. The molecule has 3 rings (SSSR count). The Morgan fingerprint density at radius 2 is 2.06 bits per heavy atom. The fourth-order valence-corrected chi connectivity index (χ4v) is 3.24. The highest BCUT2D eigenvalue weighted by molar-refractivity contribution is 5.69. The number of piperidine rings is 1. The summed E-state index contributed by atoms with van der Waals surface area (Å²) in [6.45, 7) is 2.92. The maximum Gasteiger partial charge on any atom is 0.317 e. The molecule has 4 nitrogen and oxygen atoms in total. The van der Waals surface area contributed by atoms with Crippen molar-refractivity contribution in [1.29, 1.82) is 0 Å². The number of rotatable bonds is 2. The van der Waals surface area contributed by atoms with Crippen LogP contribution < -0.4 is 5.32 Å². The van der Waals surface area contributed by atoms with Gasteiger partial charge in [0.15, 0.2) is 0 Å². The van der Waals surface area contributed by atoms with Crippen molar-refractivity contribution >= 4 is 11.7 Å². The van der Waals surface area contributed by atoms with Crippen molar-refractivity contribution < 1.29 is 9.90 Å². The molecular formula is C14H18N2O2. The van der Waals surface area contributed by atoms with Crippen LogP contribution in [0.15, 0.2) is 24.3 Å². The lowest BCUT2D eigenvalue weighted by Gasteiger charge is -2.38. The van der Waals surface area contributed by atoms with Crippen LogP contribution in [0.2, 0.25) is 0 Å². The summed E-state index contributed by atoms with van der Waals surface area (Å²) in [5.74, 6) is -0.726. The Hall–Kier alpha value is -1.55. The van der Waals surface area contributed by atoms with Crippen molar-refractivity contribution in [2.75, 3.05) is 31.5 Å². The smallest absolute Gasteiger partial charge is 0.317 e. The molecule has 1 aromatic carbocycles. The first-order valence-corrected chi connectivity index (χ1v) is 6.47. The van der Waals surface area contributed by atoms with Crippen molar-refractivity contribution in [3.63, 3.8) is 0 Å². The number of aliphatic carboxylic acids is 1. The molecule has 4 heteroatoms. The Kier molecular flexibility index (Phi) is 2.74. The van der Waals surface area contributed by atoms with Gasteiger partial charge in [0.2, 0.25) is 0 Å². The van der Waals surface area contributed by atoms with Crippen LogP contribution in [0.1, 0.15) is 18.4 Å². The second kappa shape index (κ2) is 4.28. The maximum absolute atomic E-state index is 10.7. The van der Waals surface area contributed by atoms with E-state index in [4.69, 9.17) is 5.11 Å². The van der Waals surface area contributed by atoms with Gasteiger partial charge in [-0.15, -0.1) is 0 Å². The monoisotopic (exact) mass is 246 g/mol. The summed E-state index contributed by atoms with van der Waals surface area (Å²) in [6, 6.07) is 8.50. The summed E-state index contributed by atoms with van der Waals surface area (Å²) in [5, 5.41) is 12.3. The molecule has 2 N–H and O–H groups in total. The SMILES string of the molecule is O=C(O)CN1CCC2(CC1)CNc1ccccc12. The maximum atomic E-state index is 10.7. The number of para-hydroxylation sites is 1. The average Bonchev–Trinajstić information content (AvgIpc) is 2.72. The number of nitrogens with zero attached hydrogens (tertiary/aromatic N) is 1. The van der Waals surface area contributed by atoms with Crippen LogP contribution in [-0.2, 0) is 10.2 Å². The third-order valence-electron chi connectivity index (χ3n) is 4.29. The van der Waals surface area contributed by atoms with Crippen LogP contribution in [0.5, 0.6) is 0 Å². The summed E-state index contributed by atoms with van der Waals surface area (Å²) in [5.41, 5.74) is 2.90. The number of benzene rings is 1. The van der Waals surface area contributed by atoms with Gasteiger partial charge in [-0.05, 0) is 37.6 Å². The van der Waals surface area contributed by atoms with E-state index in [1.54, 1.807) is 0 Å². The molecule has 0 aliphatic carbocycles. The molecule has 2 aliphatic heterocycles. The number of carboxylic acid groups (broad SMARTS) is 1. The van der Waals surface area contributed by atoms with Gasteiger partial charge in [-0.3, -0.25) is 9.69 Å². The Bertz CT molecular complexity index is 465. The zero-order valence-corrected chi connectivity index (χ0v) is 10.4. The topological polar surface area (TPSA) is 52.6 Å². The minimum absolute atomic E-state index is 0.172. The molecule has 18 heavy (non-hydrogen) atoms. The Morgan fingerprint density at radius 3 is 2.78 bits per heavy atom. The van der Waals surface area contributed by atoms with E-state index in [0.29, 0.717) is 0 Å². The average molecular weight is 246 g/mol. The van der Waals surface area contributed by atoms with Gasteiger partial charge in [0.1, 0.15) is 0 Å². The zero-order valence-electron chi connectivity index (χ0n) is 10.4. The lowest BCUT2D eigenvalue weighted by atomic mass is 9.74. The van der Waals surface area contributed by atoms with E-state index in [9.17, 15) is 4.79 Å². The van der Waals surface area contributed by atoms with E-state index >= 15 is 0 Å². The van der Waals surface area contributed by atoms with Gasteiger partial charge in [0, 0.05) is 17.6 Å². The van der Waals surface area contributed by atoms with E-state index in [0.717, 1.165) is 32.5 Å². The van der Waals surface area contributed by atoms with E-state index in [2.05, 4.69) is 29.6 Å². The fraction of sp³-hybridized carbons (Fsp3) is 0.500. The van der Waals surface area contributed by atoms with Crippen molar-refractivity contribution in [2.24, 2.45) is 0 Å². The minimum Gasteiger partial charge on any atom is -0.480 e. The molecule has 96 valence electrons. The normalized spacial score (nSPS) is 21.6. The van der Waals surface area contributed by atoms with Crippen LogP contribution in [0.4, 0.5) is 5.69 Å². The molecule has 0 radical (unpaired) electrons. The summed E-state index contributed by atoms with van der Waals surface area (Å²) in [4.78, 5) is 12.8. The number of hydrogen-bond donors (Lipinski definition) is 2. The standard InChI is InChI=1S/C14H18N2O2/c17-13(18)9-16-7-5-14(6-8-16)10-15-12-4-2-1-3-11(12)14/h1-4,15H,5-10H2,(H,17,18). The van der Waals surface area contributed by atoms with Crippen molar-refractivity contribution in [3.8, 4) is 0 Å². The highest BCUT2D eigenvalue weighted by Gasteiger charge is 2.41. The number of anilines is 1.